The normalized spacial score (nSPS) is 26.0. The number of benzene rings is 1. The molecule has 1 saturated heterocycles. The number of carbonyl (C=O) groups is 3. The molecule has 1 atom stereocenters. The second kappa shape index (κ2) is 3.93. The van der Waals surface area contributed by atoms with Gasteiger partial charge in [-0.3, -0.25) is 24.6 Å². The molecule has 0 bridgehead atoms. The first-order valence-electron chi connectivity index (χ1n) is 7.32. The summed E-state index contributed by atoms with van der Waals surface area (Å²) < 4.78 is 0. The second-order valence-corrected chi connectivity index (χ2v) is 6.20. The van der Waals surface area contributed by atoms with Gasteiger partial charge in [-0.2, -0.15) is 0 Å². The topological polar surface area (TPSA) is 66.5 Å². The Kier molecular flexibility index (Phi) is 2.35. The van der Waals surface area contributed by atoms with Crippen molar-refractivity contribution in [2.24, 2.45) is 0 Å². The van der Waals surface area contributed by atoms with Crippen LogP contribution in [0.15, 0.2) is 18.2 Å². The molecule has 2 heterocycles. The van der Waals surface area contributed by atoms with Crippen molar-refractivity contribution >= 4 is 23.4 Å². The molecule has 1 aliphatic carbocycles. The molecule has 4 rings (SSSR count). The number of nitrogens with zero attached hydrogens (tertiary/aromatic N) is 1. The Bertz CT molecular complexity index is 691. The molecule has 3 amide bonds. The van der Waals surface area contributed by atoms with Gasteiger partial charge in [0.1, 0.15) is 6.04 Å². The summed E-state index contributed by atoms with van der Waals surface area (Å²) in [6.45, 7) is 1.96. The van der Waals surface area contributed by atoms with E-state index in [1.54, 1.807) is 4.90 Å². The van der Waals surface area contributed by atoms with E-state index in [1.807, 2.05) is 25.1 Å². The van der Waals surface area contributed by atoms with Crippen LogP contribution in [0.3, 0.4) is 0 Å². The summed E-state index contributed by atoms with van der Waals surface area (Å²) in [5.74, 6) is -0.582. The number of imide groups is 1. The van der Waals surface area contributed by atoms with Gasteiger partial charge >= 0.3 is 0 Å². The molecule has 5 nitrogen and oxygen atoms in total. The van der Waals surface area contributed by atoms with E-state index < -0.39 is 11.5 Å². The van der Waals surface area contributed by atoms with E-state index in [9.17, 15) is 14.4 Å². The molecule has 1 N–H and O–H groups in total. The van der Waals surface area contributed by atoms with Gasteiger partial charge < -0.3 is 0 Å². The summed E-state index contributed by atoms with van der Waals surface area (Å²) >= 11 is 0. The maximum atomic E-state index is 12.9. The Hall–Kier alpha value is -2.17. The Balaban J connectivity index is 1.82. The molecule has 2 aliphatic heterocycles. The van der Waals surface area contributed by atoms with Gasteiger partial charge in [0.15, 0.2) is 0 Å². The van der Waals surface area contributed by atoms with E-state index in [0.29, 0.717) is 6.42 Å². The van der Waals surface area contributed by atoms with Crippen LogP contribution in [0.4, 0.5) is 5.69 Å². The third kappa shape index (κ3) is 1.54. The van der Waals surface area contributed by atoms with Crippen molar-refractivity contribution in [2.45, 2.75) is 44.1 Å². The van der Waals surface area contributed by atoms with Crippen LogP contribution in [0.1, 0.15) is 36.8 Å². The van der Waals surface area contributed by atoms with Gasteiger partial charge in [-0.25, -0.2) is 0 Å². The highest BCUT2D eigenvalue weighted by molar-refractivity contribution is 6.15. The van der Waals surface area contributed by atoms with Crippen LogP contribution in [0.5, 0.6) is 0 Å². The van der Waals surface area contributed by atoms with Gasteiger partial charge in [-0.1, -0.05) is 18.2 Å². The predicted molar refractivity (Wildman–Crippen MR) is 75.7 cm³/mol. The Morgan fingerprint density at radius 1 is 1.24 bits per heavy atom. The summed E-state index contributed by atoms with van der Waals surface area (Å²) in [7, 11) is 0. The van der Waals surface area contributed by atoms with Crippen molar-refractivity contribution < 1.29 is 14.4 Å². The first-order valence-corrected chi connectivity index (χ1v) is 7.32. The molecular weight excluding hydrogens is 268 g/mol. The summed E-state index contributed by atoms with van der Waals surface area (Å²) in [6.07, 6.45) is 2.40. The number of fused-ring (bicyclic) bond motifs is 2. The van der Waals surface area contributed by atoms with E-state index in [-0.39, 0.29) is 24.1 Å². The zero-order valence-corrected chi connectivity index (χ0v) is 11.8. The Labute approximate surface area is 122 Å². The monoisotopic (exact) mass is 284 g/mol. The van der Waals surface area contributed by atoms with Crippen molar-refractivity contribution in [1.82, 2.24) is 5.32 Å². The lowest BCUT2D eigenvalue weighted by atomic mass is 9.96. The minimum absolute atomic E-state index is 0.0290. The number of para-hydroxylation sites is 1. The highest BCUT2D eigenvalue weighted by Crippen LogP contribution is 2.58. The number of hydrogen-bond donors (Lipinski definition) is 1. The predicted octanol–water partition coefficient (Wildman–Crippen LogP) is 1.18. The van der Waals surface area contributed by atoms with Crippen LogP contribution in [0.25, 0.3) is 0 Å². The van der Waals surface area contributed by atoms with Gasteiger partial charge in [-0.05, 0) is 37.3 Å². The standard InChI is InChI=1S/C16H16N2O3/c1-9-3-2-4-10-13(9)18(15(21)16(10)7-8-16)11-5-6-12(19)17-14(11)20/h2-4,11H,5-8H2,1H3,(H,17,19,20). The maximum absolute atomic E-state index is 12.9. The lowest BCUT2D eigenvalue weighted by Crippen LogP contribution is -2.54. The number of nitrogens with one attached hydrogen (secondary N) is 1. The van der Waals surface area contributed by atoms with E-state index in [0.717, 1.165) is 29.7 Å². The van der Waals surface area contributed by atoms with E-state index in [1.165, 1.54) is 0 Å². The van der Waals surface area contributed by atoms with E-state index >= 15 is 0 Å². The van der Waals surface area contributed by atoms with Crippen LogP contribution >= 0.6 is 0 Å². The molecule has 1 aromatic rings. The average molecular weight is 284 g/mol. The molecule has 0 aromatic heterocycles. The first-order chi connectivity index (χ1) is 10.0. The molecule has 3 aliphatic rings. The maximum Gasteiger partial charge on any atom is 0.249 e. The first kappa shape index (κ1) is 12.6. The molecule has 0 radical (unpaired) electrons. The molecule has 1 saturated carbocycles. The zero-order chi connectivity index (χ0) is 14.8. The number of anilines is 1. The lowest BCUT2D eigenvalue weighted by Gasteiger charge is -2.31. The van der Waals surface area contributed by atoms with Crippen LogP contribution < -0.4 is 10.2 Å². The highest BCUT2D eigenvalue weighted by Gasteiger charge is 2.61. The average Bonchev–Trinajstić information content (AvgIpc) is 3.19. The smallest absolute Gasteiger partial charge is 0.249 e. The minimum Gasteiger partial charge on any atom is -0.299 e. The van der Waals surface area contributed by atoms with Crippen LogP contribution in [-0.2, 0) is 19.8 Å². The van der Waals surface area contributed by atoms with Gasteiger partial charge in [0.25, 0.3) is 0 Å². The molecule has 1 spiro atoms. The fraction of sp³-hybridized carbons (Fsp3) is 0.438. The molecule has 2 fully saturated rings. The number of hydrogen-bond acceptors (Lipinski definition) is 3. The largest absolute Gasteiger partial charge is 0.299 e. The van der Waals surface area contributed by atoms with E-state index in [2.05, 4.69) is 5.32 Å². The fourth-order valence-electron chi connectivity index (χ4n) is 3.65. The number of piperidine rings is 1. The molecule has 21 heavy (non-hydrogen) atoms. The molecule has 5 heteroatoms. The molecule has 1 unspecified atom stereocenters. The molecule has 1 aromatic carbocycles. The number of aryl methyl sites for hydroxylation is 1. The van der Waals surface area contributed by atoms with Gasteiger partial charge in [0.05, 0.1) is 11.1 Å². The summed E-state index contributed by atoms with van der Waals surface area (Å²) in [5, 5.41) is 2.35. The van der Waals surface area contributed by atoms with Gasteiger partial charge in [0, 0.05) is 6.42 Å². The lowest BCUT2D eigenvalue weighted by molar-refractivity contribution is -0.135. The number of rotatable bonds is 1. The summed E-state index contributed by atoms with van der Waals surface area (Å²) in [4.78, 5) is 38.0. The van der Waals surface area contributed by atoms with Gasteiger partial charge in [0.2, 0.25) is 17.7 Å². The Morgan fingerprint density at radius 3 is 2.67 bits per heavy atom. The van der Waals surface area contributed by atoms with Crippen molar-refractivity contribution in [3.8, 4) is 0 Å². The van der Waals surface area contributed by atoms with E-state index in [4.69, 9.17) is 0 Å². The van der Waals surface area contributed by atoms with Crippen molar-refractivity contribution in [2.75, 3.05) is 4.90 Å². The number of carbonyl (C=O) groups excluding carboxylic acids is 3. The van der Waals surface area contributed by atoms with Crippen LogP contribution in [-0.4, -0.2) is 23.8 Å². The zero-order valence-electron chi connectivity index (χ0n) is 11.8. The quantitative estimate of drug-likeness (QED) is 0.787. The van der Waals surface area contributed by atoms with Crippen molar-refractivity contribution in [1.29, 1.82) is 0 Å². The second-order valence-electron chi connectivity index (χ2n) is 6.20. The van der Waals surface area contributed by atoms with Crippen LogP contribution in [0.2, 0.25) is 0 Å². The molecular formula is C16H16N2O3. The third-order valence-electron chi connectivity index (χ3n) is 4.89. The minimum atomic E-state index is -0.560. The summed E-state index contributed by atoms with van der Waals surface area (Å²) in [5.41, 5.74) is 2.55. The molecule has 108 valence electrons. The van der Waals surface area contributed by atoms with Crippen molar-refractivity contribution in [3.63, 3.8) is 0 Å². The number of amides is 3. The third-order valence-corrected chi connectivity index (χ3v) is 4.89. The van der Waals surface area contributed by atoms with Crippen LogP contribution in [0, 0.1) is 6.92 Å². The fourth-order valence-corrected chi connectivity index (χ4v) is 3.65. The summed E-state index contributed by atoms with van der Waals surface area (Å²) in [6, 6.07) is 5.37. The SMILES string of the molecule is Cc1cccc2c1N(C1CCC(=O)NC1=O)C(=O)C21CC1. The van der Waals surface area contributed by atoms with Gasteiger partial charge in [-0.15, -0.1) is 0 Å². The van der Waals surface area contributed by atoms with Crippen molar-refractivity contribution in [3.05, 3.63) is 29.3 Å². The highest BCUT2D eigenvalue weighted by atomic mass is 16.2. The Morgan fingerprint density at radius 2 is 2.00 bits per heavy atom.